The van der Waals surface area contributed by atoms with Crippen molar-refractivity contribution in [2.24, 2.45) is 0 Å². The van der Waals surface area contributed by atoms with Crippen molar-refractivity contribution in [2.75, 3.05) is 18.9 Å². The van der Waals surface area contributed by atoms with Gasteiger partial charge in [-0.3, -0.25) is 9.78 Å². The number of rotatable bonds is 7. The Morgan fingerprint density at radius 1 is 1.43 bits per heavy atom. The van der Waals surface area contributed by atoms with Crippen LogP contribution < -0.4 is 5.32 Å². The van der Waals surface area contributed by atoms with Crippen LogP contribution in [0.25, 0.3) is 0 Å². The van der Waals surface area contributed by atoms with Crippen LogP contribution >= 0.6 is 0 Å². The van der Waals surface area contributed by atoms with Gasteiger partial charge in [0.25, 0.3) is 5.91 Å². The monoisotopic (exact) mass is 287 g/mol. The number of hydrogen-bond donors (Lipinski definition) is 1. The van der Waals surface area contributed by atoms with E-state index in [1.165, 1.54) is 0 Å². The Hall–Kier alpha value is -2.30. The summed E-state index contributed by atoms with van der Waals surface area (Å²) in [6.45, 7) is 3.44. The van der Waals surface area contributed by atoms with E-state index in [0.717, 1.165) is 30.8 Å². The normalized spacial score (nSPS) is 10.4. The van der Waals surface area contributed by atoms with Gasteiger partial charge in [-0.05, 0) is 30.7 Å². The van der Waals surface area contributed by atoms with Crippen molar-refractivity contribution in [2.45, 2.75) is 26.3 Å². The zero-order chi connectivity index (χ0) is 15.1. The van der Waals surface area contributed by atoms with E-state index < -0.39 is 0 Å². The van der Waals surface area contributed by atoms with Gasteiger partial charge in [-0.2, -0.15) is 0 Å². The number of aromatic nitrogens is 1. The predicted octanol–water partition coefficient (Wildman–Crippen LogP) is 3.16. The summed E-state index contributed by atoms with van der Waals surface area (Å²) in [5.41, 5.74) is 1.31. The lowest BCUT2D eigenvalue weighted by atomic mass is 10.2. The van der Waals surface area contributed by atoms with Crippen LogP contribution in [0.3, 0.4) is 0 Å². The summed E-state index contributed by atoms with van der Waals surface area (Å²) < 4.78 is 5.26. The standard InChI is InChI=1S/C16H21N3O2/c1-3-4-9-19(2)16(20)15-11-13(7-8-17-15)18-12-14-6-5-10-21-14/h5-8,10-11H,3-4,9,12H2,1-2H3,(H,17,18). The van der Waals surface area contributed by atoms with E-state index >= 15 is 0 Å². The minimum atomic E-state index is -0.0508. The van der Waals surface area contributed by atoms with Crippen LogP contribution in [0.4, 0.5) is 5.69 Å². The molecule has 1 N–H and O–H groups in total. The van der Waals surface area contributed by atoms with Crippen LogP contribution in [0.1, 0.15) is 36.0 Å². The Balaban J connectivity index is 1.98. The van der Waals surface area contributed by atoms with Gasteiger partial charge in [-0.25, -0.2) is 0 Å². The van der Waals surface area contributed by atoms with Gasteiger partial charge >= 0.3 is 0 Å². The summed E-state index contributed by atoms with van der Waals surface area (Å²) >= 11 is 0. The van der Waals surface area contributed by atoms with Crippen molar-refractivity contribution in [3.63, 3.8) is 0 Å². The molecule has 0 unspecified atom stereocenters. The molecule has 0 saturated heterocycles. The zero-order valence-corrected chi connectivity index (χ0v) is 12.5. The number of pyridine rings is 1. The number of nitrogens with zero attached hydrogens (tertiary/aromatic N) is 2. The molecule has 0 fully saturated rings. The first-order valence-electron chi connectivity index (χ1n) is 7.18. The topological polar surface area (TPSA) is 58.4 Å². The highest BCUT2D eigenvalue weighted by Crippen LogP contribution is 2.12. The average Bonchev–Trinajstić information content (AvgIpc) is 3.03. The third-order valence-electron chi connectivity index (χ3n) is 3.22. The van der Waals surface area contributed by atoms with Gasteiger partial charge in [0, 0.05) is 25.5 Å². The fraction of sp³-hybridized carbons (Fsp3) is 0.375. The van der Waals surface area contributed by atoms with Crippen LogP contribution in [0.5, 0.6) is 0 Å². The van der Waals surface area contributed by atoms with E-state index in [9.17, 15) is 4.79 Å². The molecule has 5 heteroatoms. The number of hydrogen-bond acceptors (Lipinski definition) is 4. The minimum absolute atomic E-state index is 0.0508. The van der Waals surface area contributed by atoms with Crippen LogP contribution in [0.15, 0.2) is 41.1 Å². The maximum Gasteiger partial charge on any atom is 0.272 e. The highest BCUT2D eigenvalue weighted by atomic mass is 16.3. The Morgan fingerprint density at radius 3 is 3.00 bits per heavy atom. The molecule has 0 saturated carbocycles. The molecule has 0 bridgehead atoms. The van der Waals surface area contributed by atoms with Gasteiger partial charge in [-0.1, -0.05) is 13.3 Å². The van der Waals surface area contributed by atoms with E-state index in [2.05, 4.69) is 17.2 Å². The van der Waals surface area contributed by atoms with Gasteiger partial charge in [0.05, 0.1) is 12.8 Å². The smallest absolute Gasteiger partial charge is 0.272 e. The summed E-state index contributed by atoms with van der Waals surface area (Å²) in [6, 6.07) is 7.36. The van der Waals surface area contributed by atoms with E-state index in [4.69, 9.17) is 4.42 Å². The molecule has 0 aromatic carbocycles. The molecular formula is C16H21N3O2. The molecule has 0 radical (unpaired) electrons. The third kappa shape index (κ3) is 4.34. The van der Waals surface area contributed by atoms with Crippen molar-refractivity contribution in [1.29, 1.82) is 0 Å². The van der Waals surface area contributed by atoms with E-state index in [0.29, 0.717) is 12.2 Å². The lowest BCUT2D eigenvalue weighted by molar-refractivity contribution is 0.0787. The maximum atomic E-state index is 12.3. The fourth-order valence-electron chi connectivity index (χ4n) is 1.95. The average molecular weight is 287 g/mol. The van der Waals surface area contributed by atoms with Gasteiger partial charge < -0.3 is 14.6 Å². The van der Waals surface area contributed by atoms with Crippen LogP contribution in [-0.4, -0.2) is 29.4 Å². The summed E-state index contributed by atoms with van der Waals surface area (Å²) in [7, 11) is 1.81. The summed E-state index contributed by atoms with van der Waals surface area (Å²) in [5.74, 6) is 0.796. The molecule has 2 aromatic heterocycles. The molecule has 0 aliphatic rings. The van der Waals surface area contributed by atoms with Crippen molar-refractivity contribution in [1.82, 2.24) is 9.88 Å². The summed E-state index contributed by atoms with van der Waals surface area (Å²) in [5, 5.41) is 3.22. The predicted molar refractivity (Wildman–Crippen MR) is 82.1 cm³/mol. The first kappa shape index (κ1) is 15.1. The zero-order valence-electron chi connectivity index (χ0n) is 12.5. The summed E-state index contributed by atoms with van der Waals surface area (Å²) in [6.07, 6.45) is 5.35. The van der Waals surface area contributed by atoms with Crippen LogP contribution in [-0.2, 0) is 6.54 Å². The van der Waals surface area contributed by atoms with Crippen molar-refractivity contribution in [3.8, 4) is 0 Å². The number of carbonyl (C=O) groups excluding carboxylic acids is 1. The number of furan rings is 1. The van der Waals surface area contributed by atoms with Crippen molar-refractivity contribution >= 4 is 11.6 Å². The SMILES string of the molecule is CCCCN(C)C(=O)c1cc(NCc2ccco2)ccn1. The second-order valence-corrected chi connectivity index (χ2v) is 4.94. The van der Waals surface area contributed by atoms with E-state index in [1.807, 2.05) is 25.2 Å². The highest BCUT2D eigenvalue weighted by Gasteiger charge is 2.13. The second kappa shape index (κ2) is 7.47. The number of anilines is 1. The molecule has 2 heterocycles. The lowest BCUT2D eigenvalue weighted by Crippen LogP contribution is -2.28. The van der Waals surface area contributed by atoms with Crippen LogP contribution in [0, 0.1) is 0 Å². The molecule has 5 nitrogen and oxygen atoms in total. The third-order valence-corrected chi connectivity index (χ3v) is 3.22. The number of nitrogens with one attached hydrogen (secondary N) is 1. The number of unbranched alkanes of at least 4 members (excludes halogenated alkanes) is 1. The Bertz CT molecular complexity index is 567. The van der Waals surface area contributed by atoms with Crippen molar-refractivity contribution in [3.05, 3.63) is 48.2 Å². The van der Waals surface area contributed by atoms with E-state index in [1.54, 1.807) is 23.4 Å². The summed E-state index contributed by atoms with van der Waals surface area (Å²) in [4.78, 5) is 18.1. The molecular weight excluding hydrogens is 266 g/mol. The quantitative estimate of drug-likeness (QED) is 0.850. The maximum absolute atomic E-state index is 12.3. The molecule has 21 heavy (non-hydrogen) atoms. The molecule has 112 valence electrons. The van der Waals surface area contributed by atoms with Crippen LogP contribution in [0.2, 0.25) is 0 Å². The molecule has 0 aliphatic carbocycles. The Kier molecular flexibility index (Phi) is 5.37. The molecule has 0 atom stereocenters. The molecule has 2 aromatic rings. The molecule has 0 spiro atoms. The lowest BCUT2D eigenvalue weighted by Gasteiger charge is -2.16. The van der Waals surface area contributed by atoms with E-state index in [-0.39, 0.29) is 5.91 Å². The minimum Gasteiger partial charge on any atom is -0.467 e. The Labute approximate surface area is 125 Å². The molecule has 2 rings (SSSR count). The van der Waals surface area contributed by atoms with Gasteiger partial charge in [0.1, 0.15) is 11.5 Å². The number of amides is 1. The van der Waals surface area contributed by atoms with Gasteiger partial charge in [0.15, 0.2) is 0 Å². The molecule has 0 aliphatic heterocycles. The number of carbonyl (C=O) groups is 1. The largest absolute Gasteiger partial charge is 0.467 e. The fourth-order valence-corrected chi connectivity index (χ4v) is 1.95. The first-order chi connectivity index (χ1) is 10.2. The van der Waals surface area contributed by atoms with Gasteiger partial charge in [-0.15, -0.1) is 0 Å². The van der Waals surface area contributed by atoms with Crippen molar-refractivity contribution < 1.29 is 9.21 Å². The Morgan fingerprint density at radius 2 is 2.29 bits per heavy atom. The second-order valence-electron chi connectivity index (χ2n) is 4.94. The van der Waals surface area contributed by atoms with Gasteiger partial charge in [0.2, 0.25) is 0 Å². The first-order valence-corrected chi connectivity index (χ1v) is 7.18. The molecule has 1 amide bonds. The highest BCUT2D eigenvalue weighted by molar-refractivity contribution is 5.92.